The van der Waals surface area contributed by atoms with E-state index in [1.165, 1.54) is 7.11 Å². The van der Waals surface area contributed by atoms with Gasteiger partial charge in [0.05, 0.1) is 19.7 Å². The van der Waals surface area contributed by atoms with Crippen LogP contribution >= 0.6 is 0 Å². The molecule has 0 saturated heterocycles. The Kier molecular flexibility index (Phi) is 6.43. The number of nitrogens with zero attached hydrogens (tertiary/aromatic N) is 1. The van der Waals surface area contributed by atoms with Crippen molar-refractivity contribution in [1.29, 1.82) is 0 Å². The number of benzene rings is 3. The Balaban J connectivity index is 1.54. The number of hydrogen-bond donors (Lipinski definition) is 1. The quantitative estimate of drug-likeness (QED) is 0.628. The van der Waals surface area contributed by atoms with Crippen LogP contribution in [0.2, 0.25) is 0 Å². The number of fused-ring (bicyclic) bond motifs is 1. The Morgan fingerprint density at radius 3 is 2.03 bits per heavy atom. The minimum Gasteiger partial charge on any atom is -0.467 e. The predicted octanol–water partition coefficient (Wildman–Crippen LogP) is 3.49. The van der Waals surface area contributed by atoms with Crippen LogP contribution in [0.4, 0.5) is 0 Å². The molecule has 31 heavy (non-hydrogen) atoms. The molecule has 1 unspecified atom stereocenters. The van der Waals surface area contributed by atoms with E-state index in [-0.39, 0.29) is 24.5 Å². The normalized spacial score (nSPS) is 15.4. The van der Waals surface area contributed by atoms with Crippen LogP contribution in [0.15, 0.2) is 84.9 Å². The van der Waals surface area contributed by atoms with Crippen LogP contribution in [0.5, 0.6) is 0 Å². The molecule has 4 rings (SSSR count). The number of carbonyl (C=O) groups is 2. The van der Waals surface area contributed by atoms with Gasteiger partial charge < -0.3 is 9.64 Å². The fourth-order valence-electron chi connectivity index (χ4n) is 4.14. The van der Waals surface area contributed by atoms with Gasteiger partial charge in [0.15, 0.2) is 0 Å². The van der Waals surface area contributed by atoms with E-state index in [1.54, 1.807) is 4.90 Å². The van der Waals surface area contributed by atoms with E-state index in [1.807, 2.05) is 84.9 Å². The molecule has 0 radical (unpaired) electrons. The first-order valence-corrected chi connectivity index (χ1v) is 10.4. The Morgan fingerprint density at radius 1 is 0.903 bits per heavy atom. The number of carbonyl (C=O) groups excluding carboxylic acids is 2. The summed E-state index contributed by atoms with van der Waals surface area (Å²) < 4.78 is 5.00. The fraction of sp³-hybridized carbons (Fsp3) is 0.231. The molecule has 3 aromatic carbocycles. The summed E-state index contributed by atoms with van der Waals surface area (Å²) in [7, 11) is 1.37. The third-order valence-electron chi connectivity index (χ3n) is 5.77. The summed E-state index contributed by atoms with van der Waals surface area (Å²) in [6, 6.07) is 27.3. The minimum atomic E-state index is -0.610. The van der Waals surface area contributed by atoms with Crippen LogP contribution in [0.3, 0.4) is 0 Å². The van der Waals surface area contributed by atoms with Gasteiger partial charge in [0.2, 0.25) is 5.91 Å². The largest absolute Gasteiger partial charge is 0.467 e. The highest BCUT2D eigenvalue weighted by atomic mass is 16.5. The smallest absolute Gasteiger partial charge is 0.328 e. The van der Waals surface area contributed by atoms with Gasteiger partial charge in [-0.05, 0) is 22.3 Å². The van der Waals surface area contributed by atoms with Crippen molar-refractivity contribution < 1.29 is 14.3 Å². The van der Waals surface area contributed by atoms with Gasteiger partial charge in [-0.2, -0.15) is 0 Å². The maximum Gasteiger partial charge on any atom is 0.328 e. The average molecular weight is 415 g/mol. The molecule has 0 aliphatic carbocycles. The number of methoxy groups -OCH3 is 1. The zero-order valence-corrected chi connectivity index (χ0v) is 17.5. The van der Waals surface area contributed by atoms with E-state index >= 15 is 0 Å². The lowest BCUT2D eigenvalue weighted by atomic mass is 9.93. The fourth-order valence-corrected chi connectivity index (χ4v) is 4.14. The van der Waals surface area contributed by atoms with Crippen molar-refractivity contribution in [3.05, 3.63) is 107 Å². The second-order valence-corrected chi connectivity index (χ2v) is 7.67. The topological polar surface area (TPSA) is 58.6 Å². The van der Waals surface area contributed by atoms with Crippen LogP contribution in [0, 0.1) is 0 Å². The van der Waals surface area contributed by atoms with Gasteiger partial charge in [0.25, 0.3) is 0 Å². The summed E-state index contributed by atoms with van der Waals surface area (Å²) in [5.74, 6) is -0.507. The van der Waals surface area contributed by atoms with Crippen molar-refractivity contribution in [3.8, 4) is 0 Å². The summed E-state index contributed by atoms with van der Waals surface area (Å²) in [4.78, 5) is 27.3. The molecular formula is C26H26N2O3. The summed E-state index contributed by atoms with van der Waals surface area (Å²) >= 11 is 0. The minimum absolute atomic E-state index is 0.115. The maximum atomic E-state index is 13.3. The highest BCUT2D eigenvalue weighted by molar-refractivity contribution is 5.86. The molecule has 0 saturated carbocycles. The highest BCUT2D eigenvalue weighted by Gasteiger charge is 2.35. The van der Waals surface area contributed by atoms with Gasteiger partial charge in [0.1, 0.15) is 6.04 Å². The molecule has 1 atom stereocenters. The number of hydrogen-bond acceptors (Lipinski definition) is 4. The van der Waals surface area contributed by atoms with Crippen molar-refractivity contribution >= 4 is 11.9 Å². The second-order valence-electron chi connectivity index (χ2n) is 7.67. The lowest BCUT2D eigenvalue weighted by Crippen LogP contribution is -2.51. The molecule has 158 valence electrons. The van der Waals surface area contributed by atoms with Gasteiger partial charge in [-0.1, -0.05) is 84.9 Å². The van der Waals surface area contributed by atoms with Crippen LogP contribution < -0.4 is 5.32 Å². The molecule has 0 spiro atoms. The number of rotatable bonds is 6. The molecule has 3 aromatic rings. The zero-order chi connectivity index (χ0) is 21.6. The van der Waals surface area contributed by atoms with E-state index in [0.29, 0.717) is 13.0 Å². The first-order chi connectivity index (χ1) is 15.2. The monoisotopic (exact) mass is 414 g/mol. The number of ether oxygens (including phenoxy) is 1. The van der Waals surface area contributed by atoms with E-state index in [9.17, 15) is 9.59 Å². The third kappa shape index (κ3) is 4.67. The molecule has 5 heteroatoms. The molecule has 1 heterocycles. The lowest BCUT2D eigenvalue weighted by Gasteiger charge is -2.35. The Hall–Kier alpha value is -3.44. The molecule has 1 aliphatic heterocycles. The van der Waals surface area contributed by atoms with Crippen molar-refractivity contribution in [2.45, 2.75) is 25.0 Å². The van der Waals surface area contributed by atoms with Crippen LogP contribution in [-0.4, -0.2) is 36.5 Å². The Morgan fingerprint density at radius 2 is 1.45 bits per heavy atom. The van der Waals surface area contributed by atoms with Gasteiger partial charge in [-0.25, -0.2) is 4.79 Å². The van der Waals surface area contributed by atoms with E-state index in [2.05, 4.69) is 5.32 Å². The molecule has 5 nitrogen and oxygen atoms in total. The Labute approximate surface area is 182 Å². The molecule has 1 aliphatic rings. The SMILES string of the molecule is COC(=O)C1Cc2ccccc2CN1C(=O)CNC(c1ccccc1)c1ccccc1. The molecule has 0 aromatic heterocycles. The standard InChI is InChI=1S/C26H26N2O3/c1-31-26(30)23-16-21-14-8-9-15-22(21)18-28(23)24(29)17-27-25(19-10-4-2-5-11-19)20-12-6-3-7-13-20/h2-15,23,25,27H,16-18H2,1H3. The number of nitrogens with one attached hydrogen (secondary N) is 1. The maximum absolute atomic E-state index is 13.3. The van der Waals surface area contributed by atoms with Gasteiger partial charge in [0, 0.05) is 13.0 Å². The zero-order valence-electron chi connectivity index (χ0n) is 17.5. The van der Waals surface area contributed by atoms with Crippen molar-refractivity contribution in [3.63, 3.8) is 0 Å². The highest BCUT2D eigenvalue weighted by Crippen LogP contribution is 2.25. The lowest BCUT2D eigenvalue weighted by molar-refractivity contribution is -0.153. The van der Waals surface area contributed by atoms with Crippen molar-refractivity contribution in [2.24, 2.45) is 0 Å². The van der Waals surface area contributed by atoms with Crippen molar-refractivity contribution in [2.75, 3.05) is 13.7 Å². The van der Waals surface area contributed by atoms with E-state index in [0.717, 1.165) is 22.3 Å². The van der Waals surface area contributed by atoms with E-state index in [4.69, 9.17) is 4.74 Å². The summed E-state index contributed by atoms with van der Waals surface area (Å²) in [5, 5.41) is 3.41. The van der Waals surface area contributed by atoms with Gasteiger partial charge >= 0.3 is 5.97 Å². The van der Waals surface area contributed by atoms with Crippen molar-refractivity contribution in [1.82, 2.24) is 10.2 Å². The first kappa shape index (κ1) is 20.8. The second kappa shape index (κ2) is 9.58. The average Bonchev–Trinajstić information content (AvgIpc) is 2.84. The summed E-state index contributed by atoms with van der Waals surface area (Å²) in [6.07, 6.45) is 0.468. The molecule has 0 bridgehead atoms. The number of amides is 1. The predicted molar refractivity (Wildman–Crippen MR) is 119 cm³/mol. The first-order valence-electron chi connectivity index (χ1n) is 10.4. The number of esters is 1. The van der Waals surface area contributed by atoms with Crippen LogP contribution in [0.25, 0.3) is 0 Å². The molecule has 1 amide bonds. The Bertz CT molecular complexity index is 997. The van der Waals surface area contributed by atoms with E-state index < -0.39 is 6.04 Å². The van der Waals surface area contributed by atoms with Crippen LogP contribution in [-0.2, 0) is 27.3 Å². The molecular weight excluding hydrogens is 388 g/mol. The molecule has 0 fully saturated rings. The molecule has 1 N–H and O–H groups in total. The van der Waals surface area contributed by atoms with Gasteiger partial charge in [-0.3, -0.25) is 10.1 Å². The summed E-state index contributed by atoms with van der Waals surface area (Å²) in [6.45, 7) is 0.516. The van der Waals surface area contributed by atoms with Crippen LogP contribution in [0.1, 0.15) is 28.3 Å². The third-order valence-corrected chi connectivity index (χ3v) is 5.77. The summed E-state index contributed by atoms with van der Waals surface area (Å²) in [5.41, 5.74) is 4.31. The van der Waals surface area contributed by atoms with Gasteiger partial charge in [-0.15, -0.1) is 0 Å².